The van der Waals surface area contributed by atoms with Crippen LogP contribution in [0.15, 0.2) is 4.42 Å². The third kappa shape index (κ3) is 3.43. The molecule has 0 unspecified atom stereocenters. The molecule has 0 atom stereocenters. The smallest absolute Gasteiger partial charge is 0.417 e. The second-order valence-corrected chi connectivity index (χ2v) is 1.85. The molecule has 0 radical (unpaired) electrons. The second-order valence-electron chi connectivity index (χ2n) is 1.85. The Kier molecular flexibility index (Phi) is 4.44. The summed E-state index contributed by atoms with van der Waals surface area (Å²) in [5.41, 5.74) is 0. The molecule has 0 aliphatic carbocycles. The summed E-state index contributed by atoms with van der Waals surface area (Å²) in [7, 11) is 0. The summed E-state index contributed by atoms with van der Waals surface area (Å²) >= 11 is 0. The Hall–Kier alpha value is -1.07. The highest BCUT2D eigenvalue weighted by Gasteiger charge is 2.37. The van der Waals surface area contributed by atoms with Gasteiger partial charge in [0.2, 0.25) is 5.89 Å². The Bertz CT molecular complexity index is 244. The summed E-state index contributed by atoms with van der Waals surface area (Å²) in [5.74, 6) is -1.29. The van der Waals surface area contributed by atoms with Gasteiger partial charge in [-0.2, -0.15) is 13.2 Å². The van der Waals surface area contributed by atoms with Crippen LogP contribution in [0.25, 0.3) is 0 Å². The number of hydrogen-bond donors (Lipinski definition) is 0. The SMILES string of the molecule is CC.CCc1nnc(C(F)(F)F)o1. The van der Waals surface area contributed by atoms with Crippen molar-refractivity contribution in [1.29, 1.82) is 0 Å². The van der Waals surface area contributed by atoms with Crippen molar-refractivity contribution in [2.24, 2.45) is 0 Å². The molecule has 3 nitrogen and oxygen atoms in total. The highest BCUT2D eigenvalue weighted by atomic mass is 19.4. The Morgan fingerprint density at radius 3 is 2.00 bits per heavy atom. The summed E-state index contributed by atoms with van der Waals surface area (Å²) in [4.78, 5) is 0. The largest absolute Gasteiger partial charge is 0.470 e. The van der Waals surface area contributed by atoms with Crippen molar-refractivity contribution in [3.05, 3.63) is 11.8 Å². The number of aromatic nitrogens is 2. The third-order valence-electron chi connectivity index (χ3n) is 1.01. The van der Waals surface area contributed by atoms with Crippen LogP contribution in [0.1, 0.15) is 32.6 Å². The van der Waals surface area contributed by atoms with Crippen molar-refractivity contribution in [2.75, 3.05) is 0 Å². The van der Waals surface area contributed by atoms with Gasteiger partial charge in [-0.3, -0.25) is 0 Å². The summed E-state index contributed by atoms with van der Waals surface area (Å²) in [5, 5.41) is 5.98. The fourth-order valence-corrected chi connectivity index (χ4v) is 0.511. The summed E-state index contributed by atoms with van der Waals surface area (Å²) in [6.07, 6.45) is -4.22. The standard InChI is InChI=1S/C5H5F3N2O.C2H6/c1-2-3-9-10-4(11-3)5(6,7)8;1-2/h2H2,1H3;1-2H3. The molecule has 0 saturated heterocycles. The Labute approximate surface area is 74.0 Å². The van der Waals surface area contributed by atoms with Gasteiger partial charge in [0.25, 0.3) is 0 Å². The van der Waals surface area contributed by atoms with Gasteiger partial charge in [0.1, 0.15) is 0 Å². The lowest BCUT2D eigenvalue weighted by atomic mass is 10.5. The van der Waals surface area contributed by atoms with Crippen LogP contribution >= 0.6 is 0 Å². The lowest BCUT2D eigenvalue weighted by molar-refractivity contribution is -0.157. The number of rotatable bonds is 1. The minimum Gasteiger partial charge on any atom is -0.417 e. The van der Waals surface area contributed by atoms with Gasteiger partial charge < -0.3 is 4.42 Å². The van der Waals surface area contributed by atoms with Crippen molar-refractivity contribution in [3.63, 3.8) is 0 Å². The molecule has 0 aromatic carbocycles. The van der Waals surface area contributed by atoms with Crippen LogP contribution in [0, 0.1) is 0 Å². The summed E-state index contributed by atoms with van der Waals surface area (Å²) < 4.78 is 39.5. The van der Waals surface area contributed by atoms with Crippen LogP contribution in [-0.4, -0.2) is 10.2 Å². The highest BCUT2D eigenvalue weighted by Crippen LogP contribution is 2.27. The molecule has 0 aliphatic rings. The van der Waals surface area contributed by atoms with Gasteiger partial charge in [0, 0.05) is 6.42 Å². The number of alkyl halides is 3. The molecule has 0 bridgehead atoms. The topological polar surface area (TPSA) is 38.9 Å². The van der Waals surface area contributed by atoms with Crippen molar-refractivity contribution >= 4 is 0 Å². The molecule has 1 rings (SSSR count). The Morgan fingerprint density at radius 1 is 1.23 bits per heavy atom. The first-order valence-corrected chi connectivity index (χ1v) is 3.93. The Balaban J connectivity index is 0.000000671. The van der Waals surface area contributed by atoms with E-state index < -0.39 is 12.1 Å². The van der Waals surface area contributed by atoms with E-state index in [1.54, 1.807) is 6.92 Å². The summed E-state index contributed by atoms with van der Waals surface area (Å²) in [6.45, 7) is 5.63. The molecule has 0 aliphatic heterocycles. The highest BCUT2D eigenvalue weighted by molar-refractivity contribution is 4.85. The van der Waals surface area contributed by atoms with Gasteiger partial charge in [-0.15, -0.1) is 10.2 Å². The average molecular weight is 196 g/mol. The van der Waals surface area contributed by atoms with E-state index in [2.05, 4.69) is 14.6 Å². The lowest BCUT2D eigenvalue weighted by Crippen LogP contribution is -2.04. The second kappa shape index (κ2) is 4.84. The van der Waals surface area contributed by atoms with E-state index in [9.17, 15) is 13.2 Å². The van der Waals surface area contributed by atoms with Crippen LogP contribution < -0.4 is 0 Å². The van der Waals surface area contributed by atoms with Gasteiger partial charge in [-0.1, -0.05) is 20.8 Å². The van der Waals surface area contributed by atoms with Crippen molar-refractivity contribution in [1.82, 2.24) is 10.2 Å². The van der Waals surface area contributed by atoms with Crippen LogP contribution in [-0.2, 0) is 12.6 Å². The molecular weight excluding hydrogens is 185 g/mol. The molecule has 1 aromatic rings. The lowest BCUT2D eigenvalue weighted by Gasteiger charge is -1.96. The maximum atomic E-state index is 11.7. The van der Waals surface area contributed by atoms with Crippen LogP contribution in [0.4, 0.5) is 13.2 Å². The molecule has 0 fully saturated rings. The van der Waals surface area contributed by atoms with Crippen molar-refractivity contribution in [3.8, 4) is 0 Å². The Morgan fingerprint density at radius 2 is 1.77 bits per heavy atom. The zero-order valence-electron chi connectivity index (χ0n) is 7.64. The molecule has 0 spiro atoms. The van der Waals surface area contributed by atoms with E-state index in [0.717, 1.165) is 0 Å². The van der Waals surface area contributed by atoms with Crippen molar-refractivity contribution < 1.29 is 17.6 Å². The monoisotopic (exact) mass is 196 g/mol. The average Bonchev–Trinajstić information content (AvgIpc) is 2.54. The fraction of sp³-hybridized carbons (Fsp3) is 0.714. The van der Waals surface area contributed by atoms with Gasteiger partial charge in [-0.25, -0.2) is 0 Å². The van der Waals surface area contributed by atoms with Crippen LogP contribution in [0.5, 0.6) is 0 Å². The number of hydrogen-bond acceptors (Lipinski definition) is 3. The fourth-order valence-electron chi connectivity index (χ4n) is 0.511. The van der Waals surface area contributed by atoms with Gasteiger partial charge in [0.15, 0.2) is 0 Å². The predicted octanol–water partition coefficient (Wildman–Crippen LogP) is 2.68. The first-order chi connectivity index (χ1) is 6.04. The molecule has 1 aromatic heterocycles. The summed E-state index contributed by atoms with van der Waals surface area (Å²) in [6, 6.07) is 0. The quantitative estimate of drug-likeness (QED) is 0.693. The molecule has 0 saturated carbocycles. The molecule has 0 N–H and O–H groups in total. The van der Waals surface area contributed by atoms with E-state index in [4.69, 9.17) is 0 Å². The molecule has 0 amide bonds. The minimum absolute atomic E-state index is 0.00248. The number of aryl methyl sites for hydroxylation is 1. The molecular formula is C7H11F3N2O. The molecule has 6 heteroatoms. The molecule has 13 heavy (non-hydrogen) atoms. The van der Waals surface area contributed by atoms with Gasteiger partial charge in [-0.05, 0) is 0 Å². The van der Waals surface area contributed by atoms with Crippen LogP contribution in [0.3, 0.4) is 0 Å². The predicted molar refractivity (Wildman–Crippen MR) is 40.0 cm³/mol. The molecule has 1 heterocycles. The van der Waals surface area contributed by atoms with Gasteiger partial charge >= 0.3 is 12.1 Å². The first kappa shape index (κ1) is 11.9. The van der Waals surface area contributed by atoms with E-state index in [0.29, 0.717) is 6.42 Å². The maximum Gasteiger partial charge on any atom is 0.470 e. The normalized spacial score (nSPS) is 10.6. The van der Waals surface area contributed by atoms with E-state index in [-0.39, 0.29) is 5.89 Å². The van der Waals surface area contributed by atoms with Crippen molar-refractivity contribution in [2.45, 2.75) is 33.4 Å². The first-order valence-electron chi connectivity index (χ1n) is 3.93. The zero-order chi connectivity index (χ0) is 10.5. The third-order valence-corrected chi connectivity index (χ3v) is 1.01. The number of halogens is 3. The minimum atomic E-state index is -4.53. The number of nitrogens with zero attached hydrogens (tertiary/aromatic N) is 2. The van der Waals surface area contributed by atoms with Gasteiger partial charge in [0.05, 0.1) is 0 Å². The van der Waals surface area contributed by atoms with E-state index in [1.165, 1.54) is 0 Å². The zero-order valence-corrected chi connectivity index (χ0v) is 7.64. The van der Waals surface area contributed by atoms with E-state index >= 15 is 0 Å². The maximum absolute atomic E-state index is 11.7. The molecule has 76 valence electrons. The van der Waals surface area contributed by atoms with E-state index in [1.807, 2.05) is 13.8 Å². The van der Waals surface area contributed by atoms with Crippen LogP contribution in [0.2, 0.25) is 0 Å².